The van der Waals surface area contributed by atoms with Crippen LogP contribution in [0.2, 0.25) is 0 Å². The maximum absolute atomic E-state index is 10.6. The van der Waals surface area contributed by atoms with Crippen molar-refractivity contribution in [3.8, 4) is 5.75 Å². The third kappa shape index (κ3) is 2.62. The highest BCUT2D eigenvalue weighted by molar-refractivity contribution is 5.77. The van der Waals surface area contributed by atoms with Crippen LogP contribution in [0.15, 0.2) is 46.9 Å². The fourth-order valence-electron chi connectivity index (χ4n) is 1.88. The lowest BCUT2D eigenvalue weighted by atomic mass is 10.3. The van der Waals surface area contributed by atoms with Crippen molar-refractivity contribution in [3.05, 3.63) is 52.6 Å². The number of rotatable bonds is 4. The van der Waals surface area contributed by atoms with Crippen molar-refractivity contribution in [2.24, 2.45) is 0 Å². The Labute approximate surface area is 119 Å². The predicted octanol–water partition coefficient (Wildman–Crippen LogP) is 3.49. The molecule has 0 saturated carbocycles. The molecule has 106 valence electrons. The van der Waals surface area contributed by atoms with Gasteiger partial charge in [-0.2, -0.15) is 4.98 Å². The van der Waals surface area contributed by atoms with Crippen molar-refractivity contribution in [3.63, 3.8) is 0 Å². The molecular formula is C14H11N3O4. The zero-order valence-electron chi connectivity index (χ0n) is 11.1. The second-order valence-electron chi connectivity index (χ2n) is 4.28. The number of nitrogens with zero attached hydrogens (tertiary/aromatic N) is 2. The monoisotopic (exact) mass is 285 g/mol. The number of nitro benzene ring substituents is 1. The molecule has 0 fully saturated rings. The lowest BCUT2D eigenvalue weighted by molar-refractivity contribution is -0.384. The number of non-ortho nitro benzene ring substituents is 1. The van der Waals surface area contributed by atoms with E-state index >= 15 is 0 Å². The highest BCUT2D eigenvalue weighted by Crippen LogP contribution is 2.26. The van der Waals surface area contributed by atoms with Crippen LogP contribution in [0, 0.1) is 10.1 Å². The summed E-state index contributed by atoms with van der Waals surface area (Å²) in [4.78, 5) is 14.4. The van der Waals surface area contributed by atoms with E-state index in [2.05, 4.69) is 10.3 Å². The van der Waals surface area contributed by atoms with Crippen LogP contribution >= 0.6 is 0 Å². The number of aromatic nitrogens is 1. The Morgan fingerprint density at radius 2 is 2.00 bits per heavy atom. The van der Waals surface area contributed by atoms with E-state index in [9.17, 15) is 10.1 Å². The molecule has 0 aliphatic heterocycles. The van der Waals surface area contributed by atoms with E-state index in [1.165, 1.54) is 12.1 Å². The van der Waals surface area contributed by atoms with Gasteiger partial charge in [0, 0.05) is 23.9 Å². The first kappa shape index (κ1) is 12.9. The maximum Gasteiger partial charge on any atom is 0.300 e. The smallest absolute Gasteiger partial charge is 0.300 e. The van der Waals surface area contributed by atoms with Crippen molar-refractivity contribution >= 4 is 28.5 Å². The molecule has 1 N–H and O–H groups in total. The van der Waals surface area contributed by atoms with Gasteiger partial charge in [-0.15, -0.1) is 0 Å². The molecule has 0 aliphatic carbocycles. The van der Waals surface area contributed by atoms with Gasteiger partial charge in [0.05, 0.1) is 12.0 Å². The van der Waals surface area contributed by atoms with E-state index in [1.54, 1.807) is 37.4 Å². The maximum atomic E-state index is 10.6. The van der Waals surface area contributed by atoms with E-state index in [4.69, 9.17) is 9.15 Å². The van der Waals surface area contributed by atoms with Crippen LogP contribution in [0.5, 0.6) is 5.75 Å². The number of anilines is 2. The van der Waals surface area contributed by atoms with Crippen LogP contribution in [0.1, 0.15) is 0 Å². The lowest BCUT2D eigenvalue weighted by Crippen LogP contribution is -1.91. The van der Waals surface area contributed by atoms with Gasteiger partial charge >= 0.3 is 0 Å². The zero-order chi connectivity index (χ0) is 14.8. The summed E-state index contributed by atoms with van der Waals surface area (Å²) < 4.78 is 10.7. The molecule has 0 aliphatic rings. The highest BCUT2D eigenvalue weighted by atomic mass is 16.6. The molecule has 3 aromatic rings. The summed E-state index contributed by atoms with van der Waals surface area (Å²) in [5, 5.41) is 13.5. The second kappa shape index (κ2) is 5.12. The largest absolute Gasteiger partial charge is 0.497 e. The third-order valence-electron chi connectivity index (χ3n) is 2.92. The van der Waals surface area contributed by atoms with Gasteiger partial charge in [0.2, 0.25) is 0 Å². The average Bonchev–Trinajstić information content (AvgIpc) is 2.88. The average molecular weight is 285 g/mol. The second-order valence-corrected chi connectivity index (χ2v) is 4.28. The SMILES string of the molecule is COc1ccc2oc(Nc3ccc([N+](=O)[O-])cc3)nc2c1. The Hall–Kier alpha value is -3.09. The minimum atomic E-state index is -0.449. The summed E-state index contributed by atoms with van der Waals surface area (Å²) in [5.74, 6) is 0.692. The standard InChI is InChI=1S/C14H11N3O4/c1-20-11-6-7-13-12(8-11)16-14(21-13)15-9-2-4-10(5-3-9)17(18)19/h2-8H,1H3,(H,15,16). The number of fused-ring (bicyclic) bond motifs is 1. The van der Waals surface area contributed by atoms with Crippen molar-refractivity contribution in [1.82, 2.24) is 4.98 Å². The van der Waals surface area contributed by atoms with Crippen LogP contribution in [0.3, 0.4) is 0 Å². The molecule has 0 unspecified atom stereocenters. The van der Waals surface area contributed by atoms with Crippen molar-refractivity contribution in [2.45, 2.75) is 0 Å². The molecule has 7 heteroatoms. The summed E-state index contributed by atoms with van der Waals surface area (Å²) in [7, 11) is 1.58. The lowest BCUT2D eigenvalue weighted by Gasteiger charge is -2.00. The zero-order valence-corrected chi connectivity index (χ0v) is 11.1. The van der Waals surface area contributed by atoms with Gasteiger partial charge in [0.25, 0.3) is 11.7 Å². The first-order valence-corrected chi connectivity index (χ1v) is 6.12. The molecule has 0 atom stereocenters. The van der Waals surface area contributed by atoms with Crippen molar-refractivity contribution in [1.29, 1.82) is 0 Å². The molecule has 0 bridgehead atoms. The van der Waals surface area contributed by atoms with E-state index in [0.717, 1.165) is 0 Å². The summed E-state index contributed by atoms with van der Waals surface area (Å²) >= 11 is 0. The number of benzene rings is 2. The van der Waals surface area contributed by atoms with Gasteiger partial charge in [-0.3, -0.25) is 10.1 Å². The number of ether oxygens (including phenoxy) is 1. The number of nitrogens with one attached hydrogen (secondary N) is 1. The summed E-state index contributed by atoms with van der Waals surface area (Å²) in [5.41, 5.74) is 1.97. The molecule has 0 spiro atoms. The van der Waals surface area contributed by atoms with E-state index in [1.807, 2.05) is 0 Å². The number of oxazole rings is 1. The van der Waals surface area contributed by atoms with Gasteiger partial charge in [-0.1, -0.05) is 0 Å². The summed E-state index contributed by atoms with van der Waals surface area (Å²) in [6.45, 7) is 0. The van der Waals surface area contributed by atoms with Crippen LogP contribution in [0.4, 0.5) is 17.4 Å². The molecule has 7 nitrogen and oxygen atoms in total. The molecule has 21 heavy (non-hydrogen) atoms. The van der Waals surface area contributed by atoms with Gasteiger partial charge < -0.3 is 14.5 Å². The van der Waals surface area contributed by atoms with Gasteiger partial charge in [0.1, 0.15) is 11.3 Å². The van der Waals surface area contributed by atoms with Crippen LogP contribution in [0.25, 0.3) is 11.1 Å². The van der Waals surface area contributed by atoms with Gasteiger partial charge in [-0.05, 0) is 24.3 Å². The van der Waals surface area contributed by atoms with Gasteiger partial charge in [-0.25, -0.2) is 0 Å². The molecular weight excluding hydrogens is 274 g/mol. The Balaban J connectivity index is 1.85. The van der Waals surface area contributed by atoms with Gasteiger partial charge in [0.15, 0.2) is 5.58 Å². The Morgan fingerprint density at radius 3 is 2.67 bits per heavy atom. The van der Waals surface area contributed by atoms with E-state index in [0.29, 0.717) is 28.6 Å². The molecule has 0 saturated heterocycles. The fraction of sp³-hybridized carbons (Fsp3) is 0.0714. The van der Waals surface area contributed by atoms with Crippen LogP contribution < -0.4 is 10.1 Å². The number of nitro groups is 1. The molecule has 0 radical (unpaired) electrons. The van der Waals surface area contributed by atoms with Crippen molar-refractivity contribution < 1.29 is 14.1 Å². The first-order chi connectivity index (χ1) is 10.2. The van der Waals surface area contributed by atoms with E-state index in [-0.39, 0.29) is 5.69 Å². The third-order valence-corrected chi connectivity index (χ3v) is 2.92. The quantitative estimate of drug-likeness (QED) is 0.583. The highest BCUT2D eigenvalue weighted by Gasteiger charge is 2.08. The molecule has 2 aromatic carbocycles. The number of hydrogen-bond donors (Lipinski definition) is 1. The first-order valence-electron chi connectivity index (χ1n) is 6.12. The molecule has 0 amide bonds. The van der Waals surface area contributed by atoms with Crippen LogP contribution in [-0.2, 0) is 0 Å². The molecule has 3 rings (SSSR count). The normalized spacial score (nSPS) is 10.5. The number of methoxy groups -OCH3 is 1. The minimum Gasteiger partial charge on any atom is -0.497 e. The topological polar surface area (TPSA) is 90.4 Å². The Kier molecular flexibility index (Phi) is 3.15. The van der Waals surface area contributed by atoms with E-state index < -0.39 is 4.92 Å². The van der Waals surface area contributed by atoms with Crippen LogP contribution in [-0.4, -0.2) is 17.0 Å². The minimum absolute atomic E-state index is 0.0304. The Morgan fingerprint density at radius 1 is 1.24 bits per heavy atom. The van der Waals surface area contributed by atoms with Crippen molar-refractivity contribution in [2.75, 3.05) is 12.4 Å². The molecule has 1 heterocycles. The summed E-state index contributed by atoms with van der Waals surface area (Å²) in [6.07, 6.45) is 0. The number of hydrogen-bond acceptors (Lipinski definition) is 6. The molecule has 1 aromatic heterocycles. The predicted molar refractivity (Wildman–Crippen MR) is 76.9 cm³/mol. The summed E-state index contributed by atoms with van der Waals surface area (Å²) in [6, 6.07) is 11.6. The Bertz CT molecular complexity index is 796. The fourth-order valence-corrected chi connectivity index (χ4v) is 1.88.